The number of rotatable bonds is 2. The number of pyridine rings is 1. The van der Waals surface area contributed by atoms with Crippen molar-refractivity contribution in [1.82, 2.24) is 9.97 Å². The zero-order valence-corrected chi connectivity index (χ0v) is 7.84. The number of oxazole rings is 1. The number of hydrogen-bond acceptors (Lipinski definition) is 5. The van der Waals surface area contributed by atoms with Crippen LogP contribution in [0, 0.1) is 11.3 Å². The van der Waals surface area contributed by atoms with E-state index in [1.807, 2.05) is 6.07 Å². The number of nitrogens with two attached hydrogens (primary N) is 1. The third-order valence-corrected chi connectivity index (χ3v) is 1.87. The largest absolute Gasteiger partial charge is 0.443 e. The summed E-state index contributed by atoms with van der Waals surface area (Å²) in [5.74, 6) is 0.417. The zero-order valence-electron chi connectivity index (χ0n) is 7.84. The highest BCUT2D eigenvalue weighted by molar-refractivity contribution is 5.48. The first-order valence-corrected chi connectivity index (χ1v) is 4.34. The van der Waals surface area contributed by atoms with E-state index in [-0.39, 0.29) is 0 Å². The predicted molar refractivity (Wildman–Crippen MR) is 52.3 cm³/mol. The van der Waals surface area contributed by atoms with E-state index in [0.717, 1.165) is 0 Å². The van der Waals surface area contributed by atoms with Gasteiger partial charge in [-0.25, -0.2) is 9.97 Å². The van der Waals surface area contributed by atoms with Gasteiger partial charge in [-0.15, -0.1) is 0 Å². The fourth-order valence-corrected chi connectivity index (χ4v) is 1.10. The summed E-state index contributed by atoms with van der Waals surface area (Å²) in [5.41, 5.74) is 7.17. The van der Waals surface area contributed by atoms with Crippen LogP contribution in [0.3, 0.4) is 0 Å². The highest BCUT2D eigenvalue weighted by Gasteiger charge is 2.06. The molecule has 0 radical (unpaired) electrons. The molecular weight excluding hydrogens is 192 g/mol. The van der Waals surface area contributed by atoms with Gasteiger partial charge in [0, 0.05) is 12.7 Å². The van der Waals surface area contributed by atoms with Crippen molar-refractivity contribution < 1.29 is 4.42 Å². The topological polar surface area (TPSA) is 88.7 Å². The Labute approximate surface area is 86.2 Å². The molecule has 2 aromatic heterocycles. The molecule has 2 heterocycles. The highest BCUT2D eigenvalue weighted by atomic mass is 16.3. The average Bonchev–Trinajstić information content (AvgIpc) is 2.78. The molecular formula is C10H8N4O. The third-order valence-electron chi connectivity index (χ3n) is 1.87. The van der Waals surface area contributed by atoms with Crippen LogP contribution in [0.4, 0.5) is 0 Å². The summed E-state index contributed by atoms with van der Waals surface area (Å²) < 4.78 is 5.18. The van der Waals surface area contributed by atoms with Crippen molar-refractivity contribution in [3.05, 3.63) is 35.9 Å². The Morgan fingerprint density at radius 2 is 2.33 bits per heavy atom. The molecule has 0 amide bonds. The maximum atomic E-state index is 8.60. The van der Waals surface area contributed by atoms with E-state index < -0.39 is 0 Å². The second-order valence-electron chi connectivity index (χ2n) is 2.89. The van der Waals surface area contributed by atoms with Gasteiger partial charge in [0.15, 0.2) is 0 Å². The third kappa shape index (κ3) is 1.85. The lowest BCUT2D eigenvalue weighted by Gasteiger charge is -1.93. The number of aromatic nitrogens is 2. The van der Waals surface area contributed by atoms with Gasteiger partial charge in [-0.1, -0.05) is 0 Å². The molecule has 2 aromatic rings. The molecule has 15 heavy (non-hydrogen) atoms. The van der Waals surface area contributed by atoms with E-state index in [4.69, 9.17) is 15.4 Å². The van der Waals surface area contributed by atoms with Crippen molar-refractivity contribution in [2.24, 2.45) is 5.73 Å². The van der Waals surface area contributed by atoms with Gasteiger partial charge in [0.25, 0.3) is 0 Å². The molecule has 0 aromatic carbocycles. The lowest BCUT2D eigenvalue weighted by Crippen LogP contribution is -1.95. The van der Waals surface area contributed by atoms with Crippen LogP contribution in [-0.4, -0.2) is 9.97 Å². The van der Waals surface area contributed by atoms with Crippen molar-refractivity contribution >= 4 is 0 Å². The van der Waals surface area contributed by atoms with E-state index in [1.165, 1.54) is 12.5 Å². The van der Waals surface area contributed by atoms with Crippen molar-refractivity contribution in [3.63, 3.8) is 0 Å². The van der Waals surface area contributed by atoms with Crippen molar-refractivity contribution in [1.29, 1.82) is 5.26 Å². The van der Waals surface area contributed by atoms with Crippen LogP contribution in [0.5, 0.6) is 0 Å². The van der Waals surface area contributed by atoms with E-state index >= 15 is 0 Å². The Hall–Kier alpha value is -2.19. The maximum absolute atomic E-state index is 8.60. The molecule has 0 unspecified atom stereocenters. The summed E-state index contributed by atoms with van der Waals surface area (Å²) in [6.07, 6.45) is 2.97. The van der Waals surface area contributed by atoms with Crippen molar-refractivity contribution in [3.8, 4) is 17.7 Å². The lowest BCUT2D eigenvalue weighted by atomic mass is 10.3. The molecule has 0 aliphatic heterocycles. The first-order valence-electron chi connectivity index (χ1n) is 4.34. The van der Waals surface area contributed by atoms with Crippen LogP contribution in [0.25, 0.3) is 11.6 Å². The molecule has 74 valence electrons. The molecule has 0 aliphatic rings. The Bertz CT molecular complexity index is 495. The quantitative estimate of drug-likeness (QED) is 0.783. The molecule has 0 spiro atoms. The van der Waals surface area contributed by atoms with Gasteiger partial charge in [-0.2, -0.15) is 5.26 Å². The molecule has 0 bridgehead atoms. The van der Waals surface area contributed by atoms with E-state index in [2.05, 4.69) is 9.97 Å². The molecule has 0 aliphatic carbocycles. The SMILES string of the molecule is N#Cc1ccc(-c2nc(CN)co2)nc1. The Morgan fingerprint density at radius 1 is 1.47 bits per heavy atom. The van der Waals surface area contributed by atoms with Crippen molar-refractivity contribution in [2.75, 3.05) is 0 Å². The predicted octanol–water partition coefficient (Wildman–Crippen LogP) is 1.07. The molecule has 0 saturated carbocycles. The van der Waals surface area contributed by atoms with Gasteiger partial charge in [-0.3, -0.25) is 0 Å². The first kappa shape index (κ1) is 9.37. The van der Waals surface area contributed by atoms with Gasteiger partial charge in [0.1, 0.15) is 18.0 Å². The summed E-state index contributed by atoms with van der Waals surface area (Å²) in [7, 11) is 0. The van der Waals surface area contributed by atoms with Gasteiger partial charge in [-0.05, 0) is 12.1 Å². The van der Waals surface area contributed by atoms with E-state index in [0.29, 0.717) is 29.4 Å². The van der Waals surface area contributed by atoms with Crippen LogP contribution in [-0.2, 0) is 6.54 Å². The molecule has 0 saturated heterocycles. The van der Waals surface area contributed by atoms with Gasteiger partial charge in [0.2, 0.25) is 5.89 Å². The molecule has 5 heteroatoms. The summed E-state index contributed by atoms with van der Waals surface area (Å²) in [6.45, 7) is 0.333. The number of nitrogens with zero attached hydrogens (tertiary/aromatic N) is 3. The highest BCUT2D eigenvalue weighted by Crippen LogP contribution is 2.15. The first-order chi connectivity index (χ1) is 7.33. The standard InChI is InChI=1S/C10H8N4O/c11-3-7-1-2-9(13-5-7)10-14-8(4-12)6-15-10/h1-2,5-6H,4,12H2. The zero-order chi connectivity index (χ0) is 10.7. The molecule has 0 atom stereocenters. The second-order valence-corrected chi connectivity index (χ2v) is 2.89. The van der Waals surface area contributed by atoms with E-state index in [9.17, 15) is 0 Å². The van der Waals surface area contributed by atoms with E-state index in [1.54, 1.807) is 12.1 Å². The molecule has 5 nitrogen and oxygen atoms in total. The molecule has 2 N–H and O–H groups in total. The monoisotopic (exact) mass is 200 g/mol. The summed E-state index contributed by atoms with van der Waals surface area (Å²) >= 11 is 0. The lowest BCUT2D eigenvalue weighted by molar-refractivity contribution is 0.570. The van der Waals surface area contributed by atoms with Crippen LogP contribution in [0.1, 0.15) is 11.3 Å². The number of nitriles is 1. The normalized spacial score (nSPS) is 9.87. The minimum Gasteiger partial charge on any atom is -0.443 e. The average molecular weight is 200 g/mol. The minimum atomic E-state index is 0.333. The van der Waals surface area contributed by atoms with Crippen LogP contribution in [0.15, 0.2) is 29.0 Å². The van der Waals surface area contributed by atoms with Gasteiger partial charge >= 0.3 is 0 Å². The second kappa shape index (κ2) is 3.90. The fourth-order valence-electron chi connectivity index (χ4n) is 1.10. The summed E-state index contributed by atoms with van der Waals surface area (Å²) in [5, 5.41) is 8.60. The minimum absolute atomic E-state index is 0.333. The fraction of sp³-hybridized carbons (Fsp3) is 0.100. The van der Waals surface area contributed by atoms with Crippen LogP contribution >= 0.6 is 0 Å². The Balaban J connectivity index is 2.33. The molecule has 2 rings (SSSR count). The number of hydrogen-bond donors (Lipinski definition) is 1. The summed E-state index contributed by atoms with van der Waals surface area (Å²) in [6, 6.07) is 5.34. The summed E-state index contributed by atoms with van der Waals surface area (Å²) in [4.78, 5) is 8.17. The van der Waals surface area contributed by atoms with Crippen LogP contribution < -0.4 is 5.73 Å². The van der Waals surface area contributed by atoms with Gasteiger partial charge in [0.05, 0.1) is 11.3 Å². The van der Waals surface area contributed by atoms with Crippen LogP contribution in [0.2, 0.25) is 0 Å². The molecule has 0 fully saturated rings. The van der Waals surface area contributed by atoms with Crippen molar-refractivity contribution in [2.45, 2.75) is 6.54 Å². The Morgan fingerprint density at radius 3 is 2.87 bits per heavy atom. The smallest absolute Gasteiger partial charge is 0.245 e. The Kier molecular flexibility index (Phi) is 2.44. The van der Waals surface area contributed by atoms with Gasteiger partial charge < -0.3 is 10.2 Å². The maximum Gasteiger partial charge on any atom is 0.245 e.